The number of rotatable bonds is 4. The number of hydrogen-bond acceptors (Lipinski definition) is 3. The highest BCUT2D eigenvalue weighted by Gasteiger charge is 2.34. The first-order chi connectivity index (χ1) is 15.3. The van der Waals surface area contributed by atoms with Crippen LogP contribution in [0.1, 0.15) is 29.4 Å². The summed E-state index contributed by atoms with van der Waals surface area (Å²) in [5, 5.41) is 3.35. The summed E-state index contributed by atoms with van der Waals surface area (Å²) in [5.41, 5.74) is 5.34. The van der Waals surface area contributed by atoms with Gasteiger partial charge in [0, 0.05) is 22.1 Å². The van der Waals surface area contributed by atoms with Crippen molar-refractivity contribution in [2.24, 2.45) is 0 Å². The molecule has 0 atom stereocenters. The SMILES string of the molecule is CCc1ccc(N2C(=O)/C(=C/c3cc(C)n(-c4cccc(Cl)c4)c3C)C(=O)NC2=S)cc1. The van der Waals surface area contributed by atoms with Gasteiger partial charge in [0.2, 0.25) is 0 Å². The maximum atomic E-state index is 13.3. The lowest BCUT2D eigenvalue weighted by Crippen LogP contribution is -2.54. The van der Waals surface area contributed by atoms with Gasteiger partial charge < -0.3 is 4.57 Å². The molecule has 1 saturated heterocycles. The summed E-state index contributed by atoms with van der Waals surface area (Å²) in [7, 11) is 0. The minimum atomic E-state index is -0.506. The average Bonchev–Trinajstić information content (AvgIpc) is 3.04. The molecule has 1 aliphatic rings. The fourth-order valence-electron chi connectivity index (χ4n) is 3.87. The molecule has 1 aromatic heterocycles. The number of thiocarbonyl (C=S) groups is 1. The molecule has 3 aromatic rings. The predicted molar refractivity (Wildman–Crippen MR) is 132 cm³/mol. The molecule has 32 heavy (non-hydrogen) atoms. The van der Waals surface area contributed by atoms with Gasteiger partial charge in [-0.3, -0.25) is 19.8 Å². The first kappa shape index (κ1) is 22.0. The molecule has 0 aliphatic carbocycles. The number of aryl methyl sites for hydroxylation is 2. The maximum Gasteiger partial charge on any atom is 0.270 e. The van der Waals surface area contributed by atoms with Crippen molar-refractivity contribution < 1.29 is 9.59 Å². The zero-order valence-corrected chi connectivity index (χ0v) is 19.6. The number of aromatic nitrogens is 1. The van der Waals surface area contributed by atoms with E-state index in [1.165, 1.54) is 4.90 Å². The van der Waals surface area contributed by atoms with Crippen molar-refractivity contribution in [2.75, 3.05) is 4.90 Å². The number of nitrogens with zero attached hydrogens (tertiary/aromatic N) is 2. The van der Waals surface area contributed by atoms with Gasteiger partial charge in [0.15, 0.2) is 5.11 Å². The van der Waals surface area contributed by atoms with Crippen LogP contribution in [0, 0.1) is 13.8 Å². The van der Waals surface area contributed by atoms with Gasteiger partial charge >= 0.3 is 0 Å². The lowest BCUT2D eigenvalue weighted by molar-refractivity contribution is -0.122. The standard InChI is InChI=1S/C25H22ClN3O2S/c1-4-17-8-10-20(11-9-17)29-24(31)22(23(30)27-25(29)32)13-18-12-15(2)28(16(18)3)21-7-5-6-19(26)14-21/h5-14H,4H2,1-3H3,(H,27,30,32)/b22-13+. The van der Waals surface area contributed by atoms with Crippen LogP contribution in [-0.4, -0.2) is 21.5 Å². The molecule has 5 nitrogen and oxygen atoms in total. The molecular formula is C25H22ClN3O2S. The van der Waals surface area contributed by atoms with E-state index in [4.69, 9.17) is 23.8 Å². The Balaban J connectivity index is 1.74. The lowest BCUT2D eigenvalue weighted by atomic mass is 10.1. The summed E-state index contributed by atoms with van der Waals surface area (Å²) >= 11 is 11.5. The van der Waals surface area contributed by atoms with Gasteiger partial charge in [-0.2, -0.15) is 0 Å². The first-order valence-corrected chi connectivity index (χ1v) is 11.0. The van der Waals surface area contributed by atoms with Crippen molar-refractivity contribution in [3.8, 4) is 5.69 Å². The molecule has 7 heteroatoms. The van der Waals surface area contributed by atoms with Gasteiger partial charge in [-0.05, 0) is 86.1 Å². The van der Waals surface area contributed by atoms with Crippen LogP contribution < -0.4 is 10.2 Å². The average molecular weight is 464 g/mol. The van der Waals surface area contributed by atoms with Crippen molar-refractivity contribution in [2.45, 2.75) is 27.2 Å². The van der Waals surface area contributed by atoms with E-state index in [0.29, 0.717) is 10.7 Å². The fourth-order valence-corrected chi connectivity index (χ4v) is 4.34. The van der Waals surface area contributed by atoms with Crippen LogP contribution in [0.5, 0.6) is 0 Å². The normalized spacial score (nSPS) is 15.4. The third kappa shape index (κ3) is 3.99. The van der Waals surface area contributed by atoms with Crippen LogP contribution in [0.4, 0.5) is 5.69 Å². The van der Waals surface area contributed by atoms with Gasteiger partial charge in [0.1, 0.15) is 5.57 Å². The number of benzene rings is 2. The molecule has 2 aromatic carbocycles. The second kappa shape index (κ2) is 8.73. The minimum Gasteiger partial charge on any atom is -0.318 e. The molecule has 1 N–H and O–H groups in total. The largest absolute Gasteiger partial charge is 0.318 e. The number of hydrogen-bond donors (Lipinski definition) is 1. The Hall–Kier alpha value is -3.22. The van der Waals surface area contributed by atoms with E-state index in [2.05, 4.69) is 12.2 Å². The van der Waals surface area contributed by atoms with E-state index in [1.54, 1.807) is 6.08 Å². The highest BCUT2D eigenvalue weighted by molar-refractivity contribution is 7.80. The molecule has 0 saturated carbocycles. The third-order valence-electron chi connectivity index (χ3n) is 5.54. The topological polar surface area (TPSA) is 54.3 Å². The molecule has 0 radical (unpaired) electrons. The van der Waals surface area contributed by atoms with Crippen LogP contribution in [0.15, 0.2) is 60.2 Å². The monoisotopic (exact) mass is 463 g/mol. The minimum absolute atomic E-state index is 0.0320. The van der Waals surface area contributed by atoms with Gasteiger partial charge in [-0.25, -0.2) is 0 Å². The Morgan fingerprint density at radius 3 is 2.41 bits per heavy atom. The van der Waals surface area contributed by atoms with Crippen LogP contribution in [0.2, 0.25) is 5.02 Å². The second-order valence-corrected chi connectivity index (χ2v) is 8.44. The van der Waals surface area contributed by atoms with E-state index in [0.717, 1.165) is 34.6 Å². The highest BCUT2D eigenvalue weighted by atomic mass is 35.5. The summed E-state index contributed by atoms with van der Waals surface area (Å²) < 4.78 is 2.04. The van der Waals surface area contributed by atoms with Crippen molar-refractivity contribution >= 4 is 52.5 Å². The molecule has 162 valence electrons. The van der Waals surface area contributed by atoms with Gasteiger partial charge in [-0.15, -0.1) is 0 Å². The van der Waals surface area contributed by atoms with E-state index >= 15 is 0 Å². The summed E-state index contributed by atoms with van der Waals surface area (Å²) in [5.74, 6) is -0.954. The number of halogens is 1. The first-order valence-electron chi connectivity index (χ1n) is 10.3. The number of amides is 2. The van der Waals surface area contributed by atoms with Crippen LogP contribution >= 0.6 is 23.8 Å². The van der Waals surface area contributed by atoms with Crippen LogP contribution in [0.3, 0.4) is 0 Å². The second-order valence-electron chi connectivity index (χ2n) is 7.62. The number of carbonyl (C=O) groups is 2. The molecule has 1 fully saturated rings. The Morgan fingerprint density at radius 2 is 1.75 bits per heavy atom. The smallest absolute Gasteiger partial charge is 0.270 e. The number of carbonyl (C=O) groups excluding carboxylic acids is 2. The molecule has 0 bridgehead atoms. The number of nitrogens with one attached hydrogen (secondary N) is 1. The van der Waals surface area contributed by atoms with E-state index < -0.39 is 11.8 Å². The summed E-state index contributed by atoms with van der Waals surface area (Å²) in [4.78, 5) is 27.3. The predicted octanol–water partition coefficient (Wildman–Crippen LogP) is 5.14. The molecule has 2 heterocycles. The van der Waals surface area contributed by atoms with Crippen LogP contribution in [-0.2, 0) is 16.0 Å². The van der Waals surface area contributed by atoms with Crippen molar-refractivity contribution in [3.05, 3.63) is 87.7 Å². The van der Waals surface area contributed by atoms with Gasteiger partial charge in [-0.1, -0.05) is 36.7 Å². The molecule has 1 aliphatic heterocycles. The van der Waals surface area contributed by atoms with E-state index in [-0.39, 0.29) is 10.7 Å². The van der Waals surface area contributed by atoms with Crippen molar-refractivity contribution in [3.63, 3.8) is 0 Å². The molecule has 2 amide bonds. The van der Waals surface area contributed by atoms with Crippen molar-refractivity contribution in [1.82, 2.24) is 9.88 Å². The summed E-state index contributed by atoms with van der Waals surface area (Å²) in [6.07, 6.45) is 2.51. The Kier molecular flexibility index (Phi) is 6.00. The Morgan fingerprint density at radius 1 is 1.03 bits per heavy atom. The Labute approximate surface area is 197 Å². The van der Waals surface area contributed by atoms with Crippen molar-refractivity contribution in [1.29, 1.82) is 0 Å². The maximum absolute atomic E-state index is 13.3. The molecule has 0 unspecified atom stereocenters. The molecule has 0 spiro atoms. The summed E-state index contributed by atoms with van der Waals surface area (Å²) in [6, 6.07) is 17.0. The van der Waals surface area contributed by atoms with Crippen LogP contribution in [0.25, 0.3) is 11.8 Å². The zero-order chi connectivity index (χ0) is 23.0. The quantitative estimate of drug-likeness (QED) is 0.331. The summed E-state index contributed by atoms with van der Waals surface area (Å²) in [6.45, 7) is 5.97. The van der Waals surface area contributed by atoms with E-state index in [9.17, 15) is 9.59 Å². The van der Waals surface area contributed by atoms with Gasteiger partial charge in [0.25, 0.3) is 11.8 Å². The van der Waals surface area contributed by atoms with Gasteiger partial charge in [0.05, 0.1) is 5.69 Å². The Bertz CT molecular complexity index is 1270. The lowest BCUT2D eigenvalue weighted by Gasteiger charge is -2.29. The zero-order valence-electron chi connectivity index (χ0n) is 18.0. The number of anilines is 1. The molecule has 4 rings (SSSR count). The fraction of sp³-hybridized carbons (Fsp3) is 0.160. The highest BCUT2D eigenvalue weighted by Crippen LogP contribution is 2.27. The third-order valence-corrected chi connectivity index (χ3v) is 6.06. The van der Waals surface area contributed by atoms with E-state index in [1.807, 2.05) is 73.0 Å². The molecular weight excluding hydrogens is 442 g/mol.